The van der Waals surface area contributed by atoms with Crippen molar-refractivity contribution in [2.24, 2.45) is 0 Å². The molecule has 29 heavy (non-hydrogen) atoms. The smallest absolute Gasteiger partial charge is 0.217 e. The van der Waals surface area contributed by atoms with Gasteiger partial charge in [-0.2, -0.15) is 0 Å². The molecule has 8 heteroatoms. The lowest BCUT2D eigenvalue weighted by molar-refractivity contribution is -0.306. The molecular formula is C21H22ClNO5S. The van der Waals surface area contributed by atoms with Crippen LogP contribution in [0.25, 0.3) is 0 Å². The van der Waals surface area contributed by atoms with Gasteiger partial charge in [-0.05, 0) is 24.3 Å². The number of fused-ring (bicyclic) bond motifs is 1. The van der Waals surface area contributed by atoms with Crippen LogP contribution in [0.2, 0.25) is 5.02 Å². The number of ether oxygens (including phenoxy) is 3. The van der Waals surface area contributed by atoms with Crippen LogP contribution in [0, 0.1) is 0 Å². The Hall–Kier alpha value is -1.61. The Morgan fingerprint density at radius 2 is 1.86 bits per heavy atom. The van der Waals surface area contributed by atoms with Gasteiger partial charge in [-0.3, -0.25) is 4.79 Å². The number of carbonyl (C=O) groups is 1. The van der Waals surface area contributed by atoms with E-state index in [4.69, 9.17) is 25.8 Å². The van der Waals surface area contributed by atoms with Gasteiger partial charge in [0.25, 0.3) is 0 Å². The molecule has 4 rings (SSSR count). The first-order valence-electron chi connectivity index (χ1n) is 9.36. The first kappa shape index (κ1) is 20.7. The van der Waals surface area contributed by atoms with Crippen molar-refractivity contribution >= 4 is 29.3 Å². The Labute approximate surface area is 178 Å². The van der Waals surface area contributed by atoms with E-state index in [1.54, 1.807) is 12.1 Å². The molecule has 2 aliphatic rings. The molecule has 6 unspecified atom stereocenters. The topological polar surface area (TPSA) is 77.0 Å². The quantitative estimate of drug-likeness (QED) is 0.768. The van der Waals surface area contributed by atoms with Gasteiger partial charge in [-0.25, -0.2) is 0 Å². The zero-order valence-corrected chi connectivity index (χ0v) is 17.3. The highest BCUT2D eigenvalue weighted by molar-refractivity contribution is 7.99. The molecule has 6 atom stereocenters. The van der Waals surface area contributed by atoms with E-state index < -0.39 is 36.1 Å². The molecular weight excluding hydrogens is 414 g/mol. The molecule has 6 nitrogen and oxygen atoms in total. The maximum Gasteiger partial charge on any atom is 0.217 e. The summed E-state index contributed by atoms with van der Waals surface area (Å²) >= 11 is 7.37. The summed E-state index contributed by atoms with van der Waals surface area (Å²) in [5, 5.41) is 14.5. The van der Waals surface area contributed by atoms with Crippen LogP contribution in [0.4, 0.5) is 0 Å². The van der Waals surface area contributed by atoms with Crippen molar-refractivity contribution in [3.05, 3.63) is 65.2 Å². The summed E-state index contributed by atoms with van der Waals surface area (Å²) in [5.41, 5.74) is 0.365. The lowest BCUT2D eigenvalue weighted by atomic mass is 9.96. The van der Waals surface area contributed by atoms with Crippen LogP contribution < -0.4 is 5.32 Å². The number of amides is 1. The number of halogens is 1. The summed E-state index contributed by atoms with van der Waals surface area (Å²) in [7, 11) is 0. The number of aliphatic hydroxyl groups is 1. The number of aliphatic hydroxyl groups excluding tert-OH is 1. The SMILES string of the molecule is CC(=O)NC1C(Sc2ccc(Cl)cc2)OC2COC(c3ccccc3)OC2C1O. The van der Waals surface area contributed by atoms with E-state index >= 15 is 0 Å². The van der Waals surface area contributed by atoms with E-state index in [1.165, 1.54) is 18.7 Å². The third kappa shape index (κ3) is 4.77. The number of benzene rings is 2. The maximum atomic E-state index is 11.8. The summed E-state index contributed by atoms with van der Waals surface area (Å²) in [6, 6.07) is 16.2. The van der Waals surface area contributed by atoms with E-state index in [9.17, 15) is 9.90 Å². The molecule has 2 fully saturated rings. The van der Waals surface area contributed by atoms with Crippen LogP contribution in [-0.2, 0) is 19.0 Å². The highest BCUT2D eigenvalue weighted by atomic mass is 35.5. The predicted octanol–water partition coefficient (Wildman–Crippen LogP) is 3.14. The zero-order valence-electron chi connectivity index (χ0n) is 15.7. The Morgan fingerprint density at radius 3 is 2.55 bits per heavy atom. The Kier molecular flexibility index (Phi) is 6.44. The zero-order chi connectivity index (χ0) is 20.4. The number of thioether (sulfide) groups is 1. The third-order valence-electron chi connectivity index (χ3n) is 4.87. The summed E-state index contributed by atoms with van der Waals surface area (Å²) < 4.78 is 18.1. The first-order valence-corrected chi connectivity index (χ1v) is 10.6. The van der Waals surface area contributed by atoms with E-state index in [0.717, 1.165) is 10.5 Å². The molecule has 2 saturated heterocycles. The molecule has 2 N–H and O–H groups in total. The minimum absolute atomic E-state index is 0.246. The second-order valence-electron chi connectivity index (χ2n) is 7.01. The highest BCUT2D eigenvalue weighted by Crippen LogP contribution is 2.39. The summed E-state index contributed by atoms with van der Waals surface area (Å²) in [6.45, 7) is 1.70. The van der Waals surface area contributed by atoms with Crippen LogP contribution in [0.1, 0.15) is 18.8 Å². The molecule has 0 radical (unpaired) electrons. The molecule has 0 spiro atoms. The van der Waals surface area contributed by atoms with Gasteiger partial charge in [-0.1, -0.05) is 53.7 Å². The van der Waals surface area contributed by atoms with Gasteiger partial charge in [0.15, 0.2) is 6.29 Å². The van der Waals surface area contributed by atoms with Crippen LogP contribution in [0.15, 0.2) is 59.5 Å². The molecule has 2 aromatic rings. The molecule has 1 amide bonds. The summed E-state index contributed by atoms with van der Waals surface area (Å²) in [6.07, 6.45) is -2.60. The van der Waals surface area contributed by atoms with Gasteiger partial charge in [0.1, 0.15) is 23.7 Å². The normalized spacial score (nSPS) is 31.7. The second-order valence-corrected chi connectivity index (χ2v) is 8.62. The molecule has 0 aliphatic carbocycles. The fourth-order valence-electron chi connectivity index (χ4n) is 3.51. The van der Waals surface area contributed by atoms with Gasteiger partial charge < -0.3 is 24.6 Å². The van der Waals surface area contributed by atoms with Crippen molar-refractivity contribution in [2.75, 3.05) is 6.61 Å². The van der Waals surface area contributed by atoms with Gasteiger partial charge in [0.2, 0.25) is 5.91 Å². The molecule has 0 bridgehead atoms. The Bertz CT molecular complexity index is 837. The maximum absolute atomic E-state index is 11.8. The number of rotatable bonds is 4. The largest absolute Gasteiger partial charge is 0.388 e. The van der Waals surface area contributed by atoms with Crippen molar-refractivity contribution in [2.45, 2.75) is 47.9 Å². The van der Waals surface area contributed by atoms with Crippen LogP contribution in [-0.4, -0.2) is 47.4 Å². The fraction of sp³-hybridized carbons (Fsp3) is 0.381. The Balaban J connectivity index is 1.53. The van der Waals surface area contributed by atoms with Gasteiger partial charge in [0, 0.05) is 22.4 Å². The standard InChI is InChI=1S/C21H22ClNO5S/c1-12(24)23-17-18(25)19-16(11-26-20(28-19)13-5-3-2-4-6-13)27-21(17)29-15-9-7-14(22)8-10-15/h2-10,16-21,25H,11H2,1H3,(H,23,24). The summed E-state index contributed by atoms with van der Waals surface area (Å²) in [5.74, 6) is -0.246. The molecule has 2 heterocycles. The average Bonchev–Trinajstić information content (AvgIpc) is 2.73. The van der Waals surface area contributed by atoms with Crippen molar-refractivity contribution in [3.8, 4) is 0 Å². The van der Waals surface area contributed by atoms with E-state index in [2.05, 4.69) is 5.32 Å². The number of hydrogen-bond acceptors (Lipinski definition) is 6. The molecule has 0 saturated carbocycles. The minimum atomic E-state index is -0.947. The van der Waals surface area contributed by atoms with Gasteiger partial charge in [-0.15, -0.1) is 0 Å². The number of carbonyl (C=O) groups excluding carboxylic acids is 1. The minimum Gasteiger partial charge on any atom is -0.388 e. The first-order chi connectivity index (χ1) is 14.0. The number of hydrogen-bond donors (Lipinski definition) is 2. The second kappa shape index (κ2) is 9.04. The van der Waals surface area contributed by atoms with Gasteiger partial charge in [0.05, 0.1) is 12.6 Å². The van der Waals surface area contributed by atoms with Crippen LogP contribution in [0.5, 0.6) is 0 Å². The average molecular weight is 436 g/mol. The Morgan fingerprint density at radius 1 is 1.14 bits per heavy atom. The summed E-state index contributed by atoms with van der Waals surface area (Å²) in [4.78, 5) is 12.7. The lowest BCUT2D eigenvalue weighted by Crippen LogP contribution is -2.65. The predicted molar refractivity (Wildman–Crippen MR) is 110 cm³/mol. The van der Waals surface area contributed by atoms with Crippen molar-refractivity contribution in [1.29, 1.82) is 0 Å². The van der Waals surface area contributed by atoms with E-state index in [-0.39, 0.29) is 12.5 Å². The monoisotopic (exact) mass is 435 g/mol. The molecule has 154 valence electrons. The highest BCUT2D eigenvalue weighted by Gasteiger charge is 2.49. The van der Waals surface area contributed by atoms with Crippen molar-refractivity contribution < 1.29 is 24.1 Å². The molecule has 2 aromatic carbocycles. The van der Waals surface area contributed by atoms with Gasteiger partial charge >= 0.3 is 0 Å². The van der Waals surface area contributed by atoms with Crippen molar-refractivity contribution in [1.82, 2.24) is 5.32 Å². The lowest BCUT2D eigenvalue weighted by Gasteiger charge is -2.47. The van der Waals surface area contributed by atoms with Crippen LogP contribution in [0.3, 0.4) is 0 Å². The number of nitrogens with one attached hydrogen (secondary N) is 1. The third-order valence-corrected chi connectivity index (χ3v) is 6.31. The molecule has 0 aromatic heterocycles. The van der Waals surface area contributed by atoms with E-state index in [0.29, 0.717) is 5.02 Å². The van der Waals surface area contributed by atoms with E-state index in [1.807, 2.05) is 42.5 Å². The molecule has 2 aliphatic heterocycles. The van der Waals surface area contributed by atoms with Crippen LogP contribution >= 0.6 is 23.4 Å². The van der Waals surface area contributed by atoms with Crippen molar-refractivity contribution in [3.63, 3.8) is 0 Å². The fourth-order valence-corrected chi connectivity index (χ4v) is 4.77.